The number of guanidine groups is 1. The van der Waals surface area contributed by atoms with Crippen LogP contribution in [-0.4, -0.2) is 42.0 Å². The molecular formula is C21H31N5O2. The molecule has 0 saturated heterocycles. The number of oxazole rings is 1. The minimum absolute atomic E-state index is 0.0775. The second-order valence-electron chi connectivity index (χ2n) is 7.68. The summed E-state index contributed by atoms with van der Waals surface area (Å²) >= 11 is 0. The van der Waals surface area contributed by atoms with E-state index in [9.17, 15) is 4.79 Å². The number of nitrogens with one attached hydrogen (secondary N) is 3. The van der Waals surface area contributed by atoms with E-state index in [-0.39, 0.29) is 18.0 Å². The van der Waals surface area contributed by atoms with E-state index in [1.54, 1.807) is 6.26 Å². The van der Waals surface area contributed by atoms with Gasteiger partial charge < -0.3 is 20.4 Å². The molecular weight excluding hydrogens is 354 g/mol. The standard InChI is InChI=1S/C21H31N5O2/c1-6-22-20(24-13-18(27)26-21(3,4)5)23-12-11-17-14-28-19(25-17)16-9-7-15(2)8-10-16/h7-10,14H,6,11-13H2,1-5H3,(H,26,27)(H2,22,23,24). The summed E-state index contributed by atoms with van der Waals surface area (Å²) in [6.45, 7) is 11.3. The Kier molecular flexibility index (Phi) is 7.61. The van der Waals surface area contributed by atoms with Crippen LogP contribution in [0.25, 0.3) is 11.5 Å². The molecule has 0 aliphatic rings. The molecule has 7 nitrogen and oxygen atoms in total. The van der Waals surface area contributed by atoms with Crippen molar-refractivity contribution in [3.05, 3.63) is 41.8 Å². The molecule has 0 saturated carbocycles. The van der Waals surface area contributed by atoms with Gasteiger partial charge in [-0.1, -0.05) is 17.7 Å². The van der Waals surface area contributed by atoms with Crippen molar-refractivity contribution in [2.24, 2.45) is 4.99 Å². The second-order valence-corrected chi connectivity index (χ2v) is 7.68. The molecule has 1 heterocycles. The molecule has 1 aromatic carbocycles. The van der Waals surface area contributed by atoms with Gasteiger partial charge in [0.1, 0.15) is 12.8 Å². The van der Waals surface area contributed by atoms with Crippen LogP contribution in [0.3, 0.4) is 0 Å². The highest BCUT2D eigenvalue weighted by molar-refractivity contribution is 5.85. The molecule has 0 fully saturated rings. The zero-order chi connectivity index (χ0) is 20.6. The summed E-state index contributed by atoms with van der Waals surface area (Å²) in [6.07, 6.45) is 2.37. The number of rotatable bonds is 7. The second kappa shape index (κ2) is 9.92. The molecule has 0 aliphatic carbocycles. The third kappa shape index (κ3) is 7.42. The maximum Gasteiger partial charge on any atom is 0.242 e. The van der Waals surface area contributed by atoms with Gasteiger partial charge in [0.2, 0.25) is 11.8 Å². The first-order valence-electron chi connectivity index (χ1n) is 9.61. The van der Waals surface area contributed by atoms with E-state index in [1.165, 1.54) is 5.56 Å². The summed E-state index contributed by atoms with van der Waals surface area (Å²) in [5, 5.41) is 9.26. The number of benzene rings is 1. The predicted molar refractivity (Wildman–Crippen MR) is 112 cm³/mol. The largest absolute Gasteiger partial charge is 0.444 e. The third-order valence-electron chi connectivity index (χ3n) is 3.76. The molecule has 0 spiro atoms. The van der Waals surface area contributed by atoms with E-state index >= 15 is 0 Å². The first kappa shape index (κ1) is 21.5. The number of aromatic nitrogens is 1. The first-order valence-corrected chi connectivity index (χ1v) is 9.61. The number of carbonyl (C=O) groups excluding carboxylic acids is 1. The maximum atomic E-state index is 11.9. The molecule has 28 heavy (non-hydrogen) atoms. The van der Waals surface area contributed by atoms with Crippen LogP contribution in [-0.2, 0) is 11.2 Å². The number of aryl methyl sites for hydroxylation is 1. The molecule has 7 heteroatoms. The molecule has 2 aromatic rings. The number of aliphatic imine (C=N–C) groups is 1. The van der Waals surface area contributed by atoms with E-state index in [2.05, 4.69) is 25.9 Å². The topological polar surface area (TPSA) is 91.5 Å². The minimum atomic E-state index is -0.263. The van der Waals surface area contributed by atoms with Gasteiger partial charge in [-0.15, -0.1) is 0 Å². The van der Waals surface area contributed by atoms with Crippen LogP contribution in [0.1, 0.15) is 39.0 Å². The first-order chi connectivity index (χ1) is 13.3. The Bertz CT molecular complexity index is 788. The number of amides is 1. The molecule has 0 aliphatic heterocycles. The van der Waals surface area contributed by atoms with Crippen molar-refractivity contribution in [2.75, 3.05) is 19.6 Å². The van der Waals surface area contributed by atoms with E-state index in [0.717, 1.165) is 11.3 Å². The zero-order valence-electron chi connectivity index (χ0n) is 17.4. The summed E-state index contributed by atoms with van der Waals surface area (Å²) in [7, 11) is 0. The molecule has 0 bridgehead atoms. The van der Waals surface area contributed by atoms with Gasteiger partial charge in [-0.3, -0.25) is 4.79 Å². The Hall–Kier alpha value is -2.83. The van der Waals surface area contributed by atoms with Crippen LogP contribution in [0.15, 0.2) is 39.9 Å². The summed E-state index contributed by atoms with van der Waals surface area (Å²) in [4.78, 5) is 20.8. The van der Waals surface area contributed by atoms with Gasteiger partial charge in [-0.2, -0.15) is 0 Å². The fraction of sp³-hybridized carbons (Fsp3) is 0.476. The van der Waals surface area contributed by atoms with Crippen LogP contribution in [0.5, 0.6) is 0 Å². The Labute approximate surface area is 167 Å². The maximum absolute atomic E-state index is 11.9. The van der Waals surface area contributed by atoms with Crippen molar-refractivity contribution < 1.29 is 9.21 Å². The van der Waals surface area contributed by atoms with Gasteiger partial charge in [0.25, 0.3) is 0 Å². The predicted octanol–water partition coefficient (Wildman–Crippen LogP) is 2.66. The SMILES string of the molecule is CCNC(=NCC(=O)NC(C)(C)C)NCCc1coc(-c2ccc(C)cc2)n1. The molecule has 1 amide bonds. The molecule has 0 radical (unpaired) electrons. The molecule has 0 atom stereocenters. The van der Waals surface area contributed by atoms with Crippen LogP contribution in [0.4, 0.5) is 0 Å². The average Bonchev–Trinajstić information content (AvgIpc) is 3.07. The monoisotopic (exact) mass is 385 g/mol. The van der Waals surface area contributed by atoms with Crippen LogP contribution >= 0.6 is 0 Å². The molecule has 1 aromatic heterocycles. The van der Waals surface area contributed by atoms with E-state index < -0.39 is 0 Å². The zero-order valence-corrected chi connectivity index (χ0v) is 17.4. The Morgan fingerprint density at radius 3 is 2.54 bits per heavy atom. The number of nitrogens with zero attached hydrogens (tertiary/aromatic N) is 2. The van der Waals surface area contributed by atoms with E-state index in [4.69, 9.17) is 4.42 Å². The van der Waals surface area contributed by atoms with Crippen LogP contribution < -0.4 is 16.0 Å². The smallest absolute Gasteiger partial charge is 0.242 e. The highest BCUT2D eigenvalue weighted by atomic mass is 16.3. The van der Waals surface area contributed by atoms with Crippen molar-refractivity contribution in [3.8, 4) is 11.5 Å². The highest BCUT2D eigenvalue weighted by Gasteiger charge is 2.13. The summed E-state index contributed by atoms with van der Waals surface area (Å²) in [5.41, 5.74) is 2.76. The average molecular weight is 386 g/mol. The third-order valence-corrected chi connectivity index (χ3v) is 3.76. The molecule has 152 valence electrons. The van der Waals surface area contributed by atoms with Gasteiger partial charge in [-0.05, 0) is 46.8 Å². The fourth-order valence-electron chi connectivity index (χ4n) is 2.51. The van der Waals surface area contributed by atoms with Gasteiger partial charge in [0, 0.05) is 30.6 Å². The van der Waals surface area contributed by atoms with Gasteiger partial charge in [-0.25, -0.2) is 9.98 Å². The van der Waals surface area contributed by atoms with E-state index in [1.807, 2.05) is 58.9 Å². The van der Waals surface area contributed by atoms with Crippen LogP contribution in [0, 0.1) is 6.92 Å². The lowest BCUT2D eigenvalue weighted by molar-refractivity contribution is -0.121. The number of carbonyl (C=O) groups is 1. The Morgan fingerprint density at radius 1 is 1.18 bits per heavy atom. The quantitative estimate of drug-likeness (QED) is 0.503. The normalized spacial score (nSPS) is 12.0. The Morgan fingerprint density at radius 2 is 1.89 bits per heavy atom. The van der Waals surface area contributed by atoms with Gasteiger partial charge in [0.05, 0.1) is 5.69 Å². The van der Waals surface area contributed by atoms with Gasteiger partial charge >= 0.3 is 0 Å². The Balaban J connectivity index is 1.86. The molecule has 0 unspecified atom stereocenters. The van der Waals surface area contributed by atoms with Crippen LogP contribution in [0.2, 0.25) is 0 Å². The minimum Gasteiger partial charge on any atom is -0.444 e. The van der Waals surface area contributed by atoms with E-state index in [0.29, 0.717) is 31.4 Å². The van der Waals surface area contributed by atoms with Crippen molar-refractivity contribution in [2.45, 2.75) is 46.6 Å². The lowest BCUT2D eigenvalue weighted by atomic mass is 10.1. The van der Waals surface area contributed by atoms with Gasteiger partial charge in [0.15, 0.2) is 5.96 Å². The fourth-order valence-corrected chi connectivity index (χ4v) is 2.51. The summed E-state index contributed by atoms with van der Waals surface area (Å²) in [5.74, 6) is 1.12. The van der Waals surface area contributed by atoms with Crippen molar-refractivity contribution >= 4 is 11.9 Å². The molecule has 2 rings (SSSR count). The highest BCUT2D eigenvalue weighted by Crippen LogP contribution is 2.19. The number of hydrogen-bond acceptors (Lipinski definition) is 4. The van der Waals surface area contributed by atoms with Crippen molar-refractivity contribution in [1.82, 2.24) is 20.9 Å². The summed E-state index contributed by atoms with van der Waals surface area (Å²) in [6, 6.07) is 8.08. The lowest BCUT2D eigenvalue weighted by Crippen LogP contribution is -2.43. The number of hydrogen-bond donors (Lipinski definition) is 3. The van der Waals surface area contributed by atoms with Crippen molar-refractivity contribution in [3.63, 3.8) is 0 Å². The summed E-state index contributed by atoms with van der Waals surface area (Å²) < 4.78 is 5.58. The molecule has 3 N–H and O–H groups in total. The lowest BCUT2D eigenvalue weighted by Gasteiger charge is -2.20. The van der Waals surface area contributed by atoms with Crippen molar-refractivity contribution in [1.29, 1.82) is 0 Å².